The number of hydrogen-bond donors (Lipinski definition) is 1. The first kappa shape index (κ1) is 13.4. The van der Waals surface area contributed by atoms with Crippen LogP contribution in [0.25, 0.3) is 0 Å². The Kier molecular flexibility index (Phi) is 3.96. The number of rotatable bonds is 4. The van der Waals surface area contributed by atoms with Crippen molar-refractivity contribution in [3.8, 4) is 5.75 Å². The van der Waals surface area contributed by atoms with Crippen LogP contribution in [0, 0.1) is 12.8 Å². The minimum Gasteiger partial charge on any atom is -0.496 e. The average molecular weight is 247 g/mol. The van der Waals surface area contributed by atoms with Gasteiger partial charge in [0.2, 0.25) is 0 Å². The Morgan fingerprint density at radius 3 is 2.33 bits per heavy atom. The van der Waals surface area contributed by atoms with Gasteiger partial charge in [-0.05, 0) is 54.4 Å². The zero-order valence-corrected chi connectivity index (χ0v) is 12.0. The molecule has 0 spiro atoms. The lowest BCUT2D eigenvalue weighted by atomic mass is 9.76. The maximum atomic E-state index is 6.42. The van der Waals surface area contributed by atoms with Crippen LogP contribution in [0.1, 0.15) is 61.8 Å². The van der Waals surface area contributed by atoms with Crippen molar-refractivity contribution in [1.82, 2.24) is 0 Å². The van der Waals surface area contributed by atoms with Crippen LogP contribution in [0.4, 0.5) is 0 Å². The lowest BCUT2D eigenvalue weighted by Gasteiger charge is -2.33. The van der Waals surface area contributed by atoms with E-state index in [1.807, 2.05) is 0 Å². The summed E-state index contributed by atoms with van der Waals surface area (Å²) in [6.07, 6.45) is 3.90. The third-order valence-corrected chi connectivity index (χ3v) is 4.26. The van der Waals surface area contributed by atoms with E-state index in [4.69, 9.17) is 10.5 Å². The lowest BCUT2D eigenvalue weighted by molar-refractivity contribution is 0.263. The summed E-state index contributed by atoms with van der Waals surface area (Å²) in [5.41, 5.74) is 10.3. The zero-order valence-electron chi connectivity index (χ0n) is 12.0. The number of nitrogens with two attached hydrogens (primary N) is 1. The molecular formula is C16H25NO. The van der Waals surface area contributed by atoms with E-state index >= 15 is 0 Å². The molecule has 1 aliphatic rings. The van der Waals surface area contributed by atoms with Gasteiger partial charge in [0.05, 0.1) is 7.11 Å². The van der Waals surface area contributed by atoms with Crippen molar-refractivity contribution in [2.45, 2.75) is 52.0 Å². The third-order valence-electron chi connectivity index (χ3n) is 4.26. The van der Waals surface area contributed by atoms with Gasteiger partial charge < -0.3 is 10.5 Å². The summed E-state index contributed by atoms with van der Waals surface area (Å²) in [5, 5.41) is 0. The molecule has 0 radical (unpaired) electrons. The smallest absolute Gasteiger partial charge is 0.122 e. The van der Waals surface area contributed by atoms with E-state index in [1.54, 1.807) is 7.11 Å². The van der Waals surface area contributed by atoms with Gasteiger partial charge in [0.1, 0.15) is 5.75 Å². The summed E-state index contributed by atoms with van der Waals surface area (Å²) in [5.74, 6) is 2.14. The molecule has 1 fully saturated rings. The van der Waals surface area contributed by atoms with E-state index in [0.717, 1.165) is 5.75 Å². The molecule has 18 heavy (non-hydrogen) atoms. The topological polar surface area (TPSA) is 35.2 Å². The van der Waals surface area contributed by atoms with Crippen molar-refractivity contribution >= 4 is 0 Å². The highest BCUT2D eigenvalue weighted by atomic mass is 16.5. The summed E-state index contributed by atoms with van der Waals surface area (Å²) < 4.78 is 5.48. The SMILES string of the molecule is COc1cc(C)c(C(N)C2CCC2)cc1C(C)C. The van der Waals surface area contributed by atoms with Crippen LogP contribution in [0.15, 0.2) is 12.1 Å². The Balaban J connectivity index is 2.37. The molecule has 2 nitrogen and oxygen atoms in total. The molecular weight excluding hydrogens is 222 g/mol. The van der Waals surface area contributed by atoms with Crippen LogP contribution < -0.4 is 10.5 Å². The van der Waals surface area contributed by atoms with Crippen LogP contribution in [0.5, 0.6) is 5.75 Å². The normalized spacial score (nSPS) is 17.7. The highest BCUT2D eigenvalue weighted by molar-refractivity contribution is 5.45. The molecule has 2 N–H and O–H groups in total. The summed E-state index contributed by atoms with van der Waals surface area (Å²) in [7, 11) is 1.74. The van der Waals surface area contributed by atoms with Crippen molar-refractivity contribution < 1.29 is 4.74 Å². The number of aryl methyl sites for hydroxylation is 1. The Labute approximate surface area is 111 Å². The third kappa shape index (κ3) is 2.39. The van der Waals surface area contributed by atoms with Crippen molar-refractivity contribution in [3.63, 3.8) is 0 Å². The molecule has 1 unspecified atom stereocenters. The fourth-order valence-electron chi connectivity index (χ4n) is 2.76. The largest absolute Gasteiger partial charge is 0.496 e. The standard InChI is InChI=1S/C16H25NO/c1-10(2)13-9-14(11(3)8-15(13)18-4)16(17)12-6-5-7-12/h8-10,12,16H,5-7,17H2,1-4H3. The van der Waals surface area contributed by atoms with Gasteiger partial charge in [-0.25, -0.2) is 0 Å². The molecule has 1 aromatic carbocycles. The average Bonchev–Trinajstić information content (AvgIpc) is 2.25. The van der Waals surface area contributed by atoms with Crippen molar-refractivity contribution in [2.24, 2.45) is 11.7 Å². The molecule has 0 amide bonds. The second kappa shape index (κ2) is 5.31. The molecule has 0 aliphatic heterocycles. The number of benzene rings is 1. The van der Waals surface area contributed by atoms with Gasteiger partial charge in [0.25, 0.3) is 0 Å². The van der Waals surface area contributed by atoms with Gasteiger partial charge in [-0.3, -0.25) is 0 Å². The Bertz CT molecular complexity index is 421. The summed E-state index contributed by atoms with van der Waals surface area (Å²) >= 11 is 0. The number of methoxy groups -OCH3 is 1. The predicted octanol–water partition coefficient (Wildman–Crippen LogP) is 3.93. The quantitative estimate of drug-likeness (QED) is 0.875. The van der Waals surface area contributed by atoms with E-state index < -0.39 is 0 Å². The lowest BCUT2D eigenvalue weighted by Crippen LogP contribution is -2.27. The van der Waals surface area contributed by atoms with Gasteiger partial charge in [-0.15, -0.1) is 0 Å². The molecule has 1 aliphatic carbocycles. The van der Waals surface area contributed by atoms with Crippen LogP contribution in [0.2, 0.25) is 0 Å². The molecule has 1 saturated carbocycles. The monoisotopic (exact) mass is 247 g/mol. The molecule has 1 aromatic rings. The fraction of sp³-hybridized carbons (Fsp3) is 0.625. The van der Waals surface area contributed by atoms with Crippen LogP contribution in [-0.2, 0) is 0 Å². The second-order valence-corrected chi connectivity index (χ2v) is 5.82. The fourth-order valence-corrected chi connectivity index (χ4v) is 2.76. The molecule has 0 bridgehead atoms. The molecule has 2 rings (SSSR count). The molecule has 0 saturated heterocycles. The van der Waals surface area contributed by atoms with Gasteiger partial charge in [-0.2, -0.15) is 0 Å². The van der Waals surface area contributed by atoms with Gasteiger partial charge in [0.15, 0.2) is 0 Å². The Morgan fingerprint density at radius 2 is 1.89 bits per heavy atom. The summed E-state index contributed by atoms with van der Waals surface area (Å²) in [6, 6.07) is 4.60. The van der Waals surface area contributed by atoms with Crippen molar-refractivity contribution in [1.29, 1.82) is 0 Å². The number of hydrogen-bond acceptors (Lipinski definition) is 2. The van der Waals surface area contributed by atoms with E-state index in [0.29, 0.717) is 11.8 Å². The minimum absolute atomic E-state index is 0.196. The van der Waals surface area contributed by atoms with Crippen LogP contribution in [0.3, 0.4) is 0 Å². The van der Waals surface area contributed by atoms with E-state index in [9.17, 15) is 0 Å². The highest BCUT2D eigenvalue weighted by Gasteiger charge is 2.27. The molecule has 100 valence electrons. The number of ether oxygens (including phenoxy) is 1. The molecule has 0 heterocycles. The first-order valence-electron chi connectivity index (χ1n) is 6.98. The van der Waals surface area contributed by atoms with Gasteiger partial charge >= 0.3 is 0 Å². The zero-order chi connectivity index (χ0) is 13.3. The molecule has 1 atom stereocenters. The molecule has 0 aromatic heterocycles. The van der Waals surface area contributed by atoms with Crippen molar-refractivity contribution in [3.05, 3.63) is 28.8 Å². The maximum absolute atomic E-state index is 6.42. The van der Waals surface area contributed by atoms with E-state index in [2.05, 4.69) is 32.9 Å². The summed E-state index contributed by atoms with van der Waals surface area (Å²) in [4.78, 5) is 0. The predicted molar refractivity (Wildman–Crippen MR) is 76.1 cm³/mol. The Hall–Kier alpha value is -1.02. The van der Waals surface area contributed by atoms with E-state index in [1.165, 1.54) is 36.0 Å². The Morgan fingerprint density at radius 1 is 1.22 bits per heavy atom. The van der Waals surface area contributed by atoms with Crippen LogP contribution >= 0.6 is 0 Å². The van der Waals surface area contributed by atoms with Gasteiger partial charge in [-0.1, -0.05) is 26.3 Å². The minimum atomic E-state index is 0.196. The molecule has 2 heteroatoms. The first-order valence-corrected chi connectivity index (χ1v) is 6.98. The highest BCUT2D eigenvalue weighted by Crippen LogP contribution is 2.39. The first-order chi connectivity index (χ1) is 8.54. The summed E-state index contributed by atoms with van der Waals surface area (Å²) in [6.45, 7) is 6.54. The second-order valence-electron chi connectivity index (χ2n) is 5.82. The maximum Gasteiger partial charge on any atom is 0.122 e. The van der Waals surface area contributed by atoms with E-state index in [-0.39, 0.29) is 6.04 Å². The van der Waals surface area contributed by atoms with Crippen molar-refractivity contribution in [2.75, 3.05) is 7.11 Å². The van der Waals surface area contributed by atoms with Gasteiger partial charge in [0, 0.05) is 6.04 Å². The van der Waals surface area contributed by atoms with Crippen LogP contribution in [-0.4, -0.2) is 7.11 Å².